The van der Waals surface area contributed by atoms with Crippen LogP contribution in [-0.2, 0) is 9.59 Å². The van der Waals surface area contributed by atoms with Gasteiger partial charge >= 0.3 is 0 Å². The van der Waals surface area contributed by atoms with Crippen LogP contribution >= 0.6 is 35.0 Å². The van der Waals surface area contributed by atoms with E-state index in [2.05, 4.69) is 0 Å². The molecule has 0 unspecified atom stereocenters. The van der Waals surface area contributed by atoms with Crippen molar-refractivity contribution in [3.8, 4) is 0 Å². The number of amides is 2. The Hall–Kier alpha value is -1.69. The molecule has 0 bridgehead atoms. The van der Waals surface area contributed by atoms with Gasteiger partial charge in [0.15, 0.2) is 0 Å². The van der Waals surface area contributed by atoms with Crippen LogP contribution in [-0.4, -0.2) is 17.1 Å². The summed E-state index contributed by atoms with van der Waals surface area (Å²) >= 11 is 13.2. The summed E-state index contributed by atoms with van der Waals surface area (Å²) in [5.74, 6) is -0.546. The number of halogens is 2. The Kier molecular flexibility index (Phi) is 4.53. The second-order valence-electron chi connectivity index (χ2n) is 5.08. The van der Waals surface area contributed by atoms with Gasteiger partial charge in [-0.3, -0.25) is 9.59 Å². The lowest BCUT2D eigenvalue weighted by Crippen LogP contribution is -2.31. The maximum absolute atomic E-state index is 12.6. The van der Waals surface area contributed by atoms with Crippen LogP contribution in [0.25, 0.3) is 0 Å². The molecule has 7 heteroatoms. The largest absolute Gasteiger partial charge is 0.399 e. The average Bonchev–Trinajstić information content (AvgIpc) is 2.72. The number of nitrogens with two attached hydrogens (primary N) is 1. The molecule has 0 aliphatic carbocycles. The zero-order valence-corrected chi connectivity index (χ0v) is 14.2. The number of benzene rings is 2. The highest BCUT2D eigenvalue weighted by Crippen LogP contribution is 2.36. The summed E-state index contributed by atoms with van der Waals surface area (Å²) in [7, 11) is 0. The van der Waals surface area contributed by atoms with E-state index in [1.54, 1.807) is 30.3 Å². The Morgan fingerprint density at radius 1 is 1.09 bits per heavy atom. The monoisotopic (exact) mass is 366 g/mol. The van der Waals surface area contributed by atoms with E-state index < -0.39 is 5.25 Å². The van der Waals surface area contributed by atoms with Crippen molar-refractivity contribution in [2.45, 2.75) is 16.6 Å². The van der Waals surface area contributed by atoms with Crippen molar-refractivity contribution in [2.24, 2.45) is 0 Å². The lowest BCUT2D eigenvalue weighted by atomic mass is 10.3. The number of rotatable bonds is 3. The number of nitrogens with zero attached hydrogens (tertiary/aromatic N) is 1. The minimum atomic E-state index is -0.484. The molecular weight excluding hydrogens is 355 g/mol. The average molecular weight is 367 g/mol. The van der Waals surface area contributed by atoms with Crippen LogP contribution in [0.1, 0.15) is 6.42 Å². The van der Waals surface area contributed by atoms with Gasteiger partial charge in [0.1, 0.15) is 0 Å². The number of hydrogen-bond acceptors (Lipinski definition) is 4. The molecule has 2 amide bonds. The first kappa shape index (κ1) is 16.2. The van der Waals surface area contributed by atoms with Gasteiger partial charge < -0.3 is 5.73 Å². The second kappa shape index (κ2) is 6.43. The normalized spacial score (nSPS) is 17.8. The Balaban J connectivity index is 1.85. The predicted molar refractivity (Wildman–Crippen MR) is 94.1 cm³/mol. The molecule has 1 aliphatic rings. The Labute approximate surface area is 147 Å². The number of carbonyl (C=O) groups excluding carboxylic acids is 2. The molecule has 0 spiro atoms. The van der Waals surface area contributed by atoms with Crippen molar-refractivity contribution >= 4 is 58.2 Å². The van der Waals surface area contributed by atoms with Crippen molar-refractivity contribution in [1.29, 1.82) is 0 Å². The van der Waals surface area contributed by atoms with E-state index in [9.17, 15) is 9.59 Å². The fraction of sp³-hybridized carbons (Fsp3) is 0.125. The van der Waals surface area contributed by atoms with Crippen molar-refractivity contribution in [2.75, 3.05) is 10.6 Å². The first-order chi connectivity index (χ1) is 10.9. The molecule has 2 aromatic carbocycles. The molecule has 1 atom stereocenters. The molecule has 1 fully saturated rings. The topological polar surface area (TPSA) is 63.4 Å². The van der Waals surface area contributed by atoms with Crippen molar-refractivity contribution < 1.29 is 9.59 Å². The molecule has 2 aromatic rings. The van der Waals surface area contributed by atoms with Gasteiger partial charge in [-0.2, -0.15) is 0 Å². The SMILES string of the molecule is Nc1cccc(S[C@@H]2CC(=O)N(c3cc(Cl)cc(Cl)c3)C2=O)c1. The van der Waals surface area contributed by atoms with Gasteiger partial charge in [0.2, 0.25) is 11.8 Å². The highest BCUT2D eigenvalue weighted by molar-refractivity contribution is 8.00. The van der Waals surface area contributed by atoms with Crippen molar-refractivity contribution in [3.63, 3.8) is 0 Å². The van der Waals surface area contributed by atoms with E-state index in [4.69, 9.17) is 28.9 Å². The van der Waals surface area contributed by atoms with E-state index in [1.807, 2.05) is 12.1 Å². The fourth-order valence-corrected chi connectivity index (χ4v) is 4.02. The van der Waals surface area contributed by atoms with Crippen LogP contribution < -0.4 is 10.6 Å². The molecule has 23 heavy (non-hydrogen) atoms. The molecule has 1 aliphatic heterocycles. The summed E-state index contributed by atoms with van der Waals surface area (Å²) in [6.45, 7) is 0. The van der Waals surface area contributed by atoms with Crippen LogP contribution in [0.3, 0.4) is 0 Å². The fourth-order valence-electron chi connectivity index (χ4n) is 2.39. The summed E-state index contributed by atoms with van der Waals surface area (Å²) in [5, 5.41) is 0.266. The zero-order chi connectivity index (χ0) is 16.6. The Morgan fingerprint density at radius 3 is 2.43 bits per heavy atom. The first-order valence-electron chi connectivity index (χ1n) is 6.79. The Bertz CT molecular complexity index is 777. The number of carbonyl (C=O) groups is 2. The molecular formula is C16H12Cl2N2O2S. The standard InChI is InChI=1S/C16H12Cl2N2O2S/c17-9-4-10(18)6-12(5-9)20-15(21)8-14(16(20)22)23-13-3-1-2-11(19)7-13/h1-7,14H,8,19H2/t14-/m1/s1. The molecule has 3 rings (SSSR count). The van der Waals surface area contributed by atoms with Gasteiger partial charge in [-0.1, -0.05) is 29.3 Å². The molecule has 1 heterocycles. The van der Waals surface area contributed by atoms with Gasteiger partial charge in [0.25, 0.3) is 0 Å². The van der Waals surface area contributed by atoms with E-state index >= 15 is 0 Å². The number of anilines is 2. The zero-order valence-electron chi connectivity index (χ0n) is 11.8. The highest BCUT2D eigenvalue weighted by Gasteiger charge is 2.40. The minimum Gasteiger partial charge on any atom is -0.399 e. The quantitative estimate of drug-likeness (QED) is 0.658. The van der Waals surface area contributed by atoms with Gasteiger partial charge in [0.05, 0.1) is 10.9 Å². The summed E-state index contributed by atoms with van der Waals surface area (Å²) in [6.07, 6.45) is 0.127. The summed E-state index contributed by atoms with van der Waals surface area (Å²) in [6, 6.07) is 11.9. The lowest BCUT2D eigenvalue weighted by molar-refractivity contribution is -0.121. The van der Waals surface area contributed by atoms with Gasteiger partial charge in [-0.05, 0) is 36.4 Å². The van der Waals surface area contributed by atoms with Crippen LogP contribution in [0.2, 0.25) is 10.0 Å². The molecule has 1 saturated heterocycles. The number of hydrogen-bond donors (Lipinski definition) is 1. The molecule has 0 aromatic heterocycles. The smallest absolute Gasteiger partial charge is 0.247 e. The summed E-state index contributed by atoms with van der Waals surface area (Å²) in [5.41, 5.74) is 6.75. The molecule has 0 radical (unpaired) electrons. The molecule has 4 nitrogen and oxygen atoms in total. The van der Waals surface area contributed by atoms with E-state index in [0.29, 0.717) is 21.4 Å². The molecule has 2 N–H and O–H groups in total. The summed E-state index contributed by atoms with van der Waals surface area (Å²) in [4.78, 5) is 26.8. The maximum Gasteiger partial charge on any atom is 0.247 e. The molecule has 118 valence electrons. The van der Waals surface area contributed by atoms with Crippen LogP contribution in [0.15, 0.2) is 47.4 Å². The second-order valence-corrected chi connectivity index (χ2v) is 7.23. The van der Waals surface area contributed by atoms with Gasteiger partial charge in [-0.15, -0.1) is 11.8 Å². The number of imide groups is 1. The van der Waals surface area contributed by atoms with E-state index in [-0.39, 0.29) is 18.2 Å². The van der Waals surface area contributed by atoms with Crippen molar-refractivity contribution in [1.82, 2.24) is 0 Å². The third-order valence-corrected chi connectivity index (χ3v) is 4.96. The highest BCUT2D eigenvalue weighted by atomic mass is 35.5. The third kappa shape index (κ3) is 3.47. The lowest BCUT2D eigenvalue weighted by Gasteiger charge is -2.15. The number of thioether (sulfide) groups is 1. The molecule has 0 saturated carbocycles. The van der Waals surface area contributed by atoms with E-state index in [1.165, 1.54) is 11.8 Å². The van der Waals surface area contributed by atoms with Crippen LogP contribution in [0.5, 0.6) is 0 Å². The maximum atomic E-state index is 12.6. The number of nitrogen functional groups attached to an aromatic ring is 1. The summed E-state index contributed by atoms with van der Waals surface area (Å²) < 4.78 is 0. The first-order valence-corrected chi connectivity index (χ1v) is 8.43. The van der Waals surface area contributed by atoms with Crippen LogP contribution in [0.4, 0.5) is 11.4 Å². The van der Waals surface area contributed by atoms with Gasteiger partial charge in [0, 0.05) is 27.0 Å². The van der Waals surface area contributed by atoms with Crippen molar-refractivity contribution in [3.05, 3.63) is 52.5 Å². The van der Waals surface area contributed by atoms with Crippen LogP contribution in [0, 0.1) is 0 Å². The van der Waals surface area contributed by atoms with E-state index in [0.717, 1.165) is 9.80 Å². The predicted octanol–water partition coefficient (Wildman–Crippen LogP) is 4.00. The third-order valence-electron chi connectivity index (χ3n) is 3.35. The minimum absolute atomic E-state index is 0.127. The Morgan fingerprint density at radius 2 is 1.78 bits per heavy atom. The van der Waals surface area contributed by atoms with Gasteiger partial charge in [-0.25, -0.2) is 4.90 Å².